The Bertz CT molecular complexity index is 1010. The molecule has 1 saturated heterocycles. The zero-order valence-electron chi connectivity index (χ0n) is 14.8. The van der Waals surface area contributed by atoms with Crippen LogP contribution in [0.5, 0.6) is 5.75 Å². The van der Waals surface area contributed by atoms with Gasteiger partial charge in [-0.15, -0.1) is 0 Å². The van der Waals surface area contributed by atoms with Crippen molar-refractivity contribution in [1.29, 1.82) is 0 Å². The molecule has 0 aromatic heterocycles. The Labute approximate surface area is 155 Å². The van der Waals surface area contributed by atoms with E-state index in [4.69, 9.17) is 4.74 Å². The third kappa shape index (κ3) is 2.62. The molecule has 2 aromatic rings. The van der Waals surface area contributed by atoms with Gasteiger partial charge < -0.3 is 4.74 Å². The number of para-hydroxylation sites is 1. The molecular formula is C21H16N2O4. The minimum Gasteiger partial charge on any atom is -0.456 e. The highest BCUT2D eigenvalue weighted by atomic mass is 16.5. The van der Waals surface area contributed by atoms with Crippen LogP contribution in [0.25, 0.3) is 11.3 Å². The van der Waals surface area contributed by atoms with Gasteiger partial charge in [0.05, 0.1) is 0 Å². The number of barbiturate groups is 1. The number of imide groups is 2. The number of nitrogens with zero attached hydrogens (tertiary/aromatic N) is 2. The first-order chi connectivity index (χ1) is 13.0. The second-order valence-corrected chi connectivity index (χ2v) is 6.27. The molecule has 27 heavy (non-hydrogen) atoms. The Hall–Kier alpha value is -3.67. The van der Waals surface area contributed by atoms with Crippen LogP contribution in [-0.4, -0.2) is 41.7 Å². The number of hydrogen-bond acceptors (Lipinski definition) is 4. The highest BCUT2D eigenvalue weighted by molar-refractivity contribution is 6.33. The fraction of sp³-hybridized carbons (Fsp3) is 0.0952. The molecule has 0 bridgehead atoms. The summed E-state index contributed by atoms with van der Waals surface area (Å²) in [6, 6.07) is 16.0. The van der Waals surface area contributed by atoms with Gasteiger partial charge >= 0.3 is 6.03 Å². The topological polar surface area (TPSA) is 66.9 Å². The lowest BCUT2D eigenvalue weighted by Gasteiger charge is -2.31. The maximum atomic E-state index is 12.8. The van der Waals surface area contributed by atoms with E-state index in [1.165, 1.54) is 14.1 Å². The monoisotopic (exact) mass is 360 g/mol. The van der Waals surface area contributed by atoms with Crippen molar-refractivity contribution in [1.82, 2.24) is 9.80 Å². The fourth-order valence-corrected chi connectivity index (χ4v) is 3.14. The highest BCUT2D eigenvalue weighted by Gasteiger charge is 2.40. The van der Waals surface area contributed by atoms with Crippen LogP contribution in [0.1, 0.15) is 11.1 Å². The third-order valence-corrected chi connectivity index (χ3v) is 4.61. The van der Waals surface area contributed by atoms with Crippen LogP contribution in [0.2, 0.25) is 0 Å². The maximum Gasteiger partial charge on any atom is 0.333 e. The van der Waals surface area contributed by atoms with E-state index >= 15 is 0 Å². The van der Waals surface area contributed by atoms with Crippen molar-refractivity contribution in [3.63, 3.8) is 0 Å². The van der Waals surface area contributed by atoms with E-state index in [9.17, 15) is 14.4 Å². The molecule has 6 heteroatoms. The second kappa shape index (κ2) is 6.25. The Morgan fingerprint density at radius 2 is 1.37 bits per heavy atom. The average molecular weight is 360 g/mol. The number of urea groups is 1. The van der Waals surface area contributed by atoms with Crippen molar-refractivity contribution >= 4 is 29.2 Å². The van der Waals surface area contributed by atoms with Crippen LogP contribution in [0.3, 0.4) is 0 Å². The summed E-state index contributed by atoms with van der Waals surface area (Å²) in [5.41, 5.74) is 1.84. The third-order valence-electron chi connectivity index (χ3n) is 4.61. The van der Waals surface area contributed by atoms with Gasteiger partial charge in [0.1, 0.15) is 17.1 Å². The number of allylic oxidation sites excluding steroid dienone is 2. The number of amides is 4. The van der Waals surface area contributed by atoms with Gasteiger partial charge in [-0.25, -0.2) is 4.79 Å². The standard InChI is InChI=1S/C21H16N2O4/c1-22-19(24)18(20(25)23(2)21(22)26)15-12-17(13-8-4-3-5-9-13)27-16-11-7-6-10-14(15)16/h3-12H,1-2H3. The van der Waals surface area contributed by atoms with Crippen LogP contribution < -0.4 is 4.74 Å². The zero-order chi connectivity index (χ0) is 19.1. The van der Waals surface area contributed by atoms with Crippen LogP contribution in [0, 0.1) is 0 Å². The molecule has 4 amide bonds. The minimum atomic E-state index is -0.651. The minimum absolute atomic E-state index is 0.0521. The van der Waals surface area contributed by atoms with Gasteiger partial charge in [0.2, 0.25) is 0 Å². The maximum absolute atomic E-state index is 12.8. The van der Waals surface area contributed by atoms with Crippen LogP contribution >= 0.6 is 0 Å². The summed E-state index contributed by atoms with van der Waals surface area (Å²) in [5, 5.41) is 0. The lowest BCUT2D eigenvalue weighted by Crippen LogP contribution is -2.53. The van der Waals surface area contributed by atoms with Crippen molar-refractivity contribution in [2.75, 3.05) is 14.1 Å². The van der Waals surface area contributed by atoms with Crippen molar-refractivity contribution in [3.05, 3.63) is 77.4 Å². The number of fused-ring (bicyclic) bond motifs is 1. The average Bonchev–Trinajstić information content (AvgIpc) is 2.71. The number of likely N-dealkylation sites (N-methyl/N-ethyl adjacent to an activating group) is 2. The zero-order valence-corrected chi connectivity index (χ0v) is 14.8. The predicted octanol–water partition coefficient (Wildman–Crippen LogP) is 2.92. The number of hydrogen-bond donors (Lipinski definition) is 0. The van der Waals surface area contributed by atoms with Gasteiger partial charge in [0.25, 0.3) is 11.8 Å². The molecule has 0 spiro atoms. The molecule has 0 radical (unpaired) electrons. The van der Waals surface area contributed by atoms with Crippen LogP contribution in [0.15, 0.2) is 66.2 Å². The molecule has 134 valence electrons. The molecule has 0 N–H and O–H groups in total. The summed E-state index contributed by atoms with van der Waals surface area (Å²) in [4.78, 5) is 39.5. The first kappa shape index (κ1) is 16.8. The lowest BCUT2D eigenvalue weighted by molar-refractivity contribution is -0.134. The van der Waals surface area contributed by atoms with Gasteiger partial charge in [-0.3, -0.25) is 19.4 Å². The van der Waals surface area contributed by atoms with Crippen LogP contribution in [-0.2, 0) is 9.59 Å². The van der Waals surface area contributed by atoms with Crippen LogP contribution in [0.4, 0.5) is 4.79 Å². The number of benzene rings is 2. The quantitative estimate of drug-likeness (QED) is 0.579. The summed E-state index contributed by atoms with van der Waals surface area (Å²) in [6.45, 7) is 0. The van der Waals surface area contributed by atoms with Gasteiger partial charge in [-0.2, -0.15) is 0 Å². The van der Waals surface area contributed by atoms with E-state index in [1.54, 1.807) is 24.3 Å². The van der Waals surface area contributed by atoms with Gasteiger partial charge in [0, 0.05) is 30.8 Å². The van der Waals surface area contributed by atoms with Crippen molar-refractivity contribution in [2.24, 2.45) is 0 Å². The molecule has 6 nitrogen and oxygen atoms in total. The summed E-state index contributed by atoms with van der Waals surface area (Å²) in [5.74, 6) is -0.180. The summed E-state index contributed by atoms with van der Waals surface area (Å²) in [7, 11) is 2.72. The molecule has 0 unspecified atom stereocenters. The van der Waals surface area contributed by atoms with Gasteiger partial charge in [-0.05, 0) is 12.1 Å². The van der Waals surface area contributed by atoms with Crippen molar-refractivity contribution in [2.45, 2.75) is 0 Å². The normalized spacial score (nSPS) is 17.0. The smallest absolute Gasteiger partial charge is 0.333 e. The molecule has 2 aliphatic rings. The molecule has 2 aliphatic heterocycles. The SMILES string of the molecule is CN1C(=O)C(=C2C=C(c3ccccc3)Oc3ccccc32)C(=O)N(C)C1=O. The Morgan fingerprint density at radius 3 is 2.04 bits per heavy atom. The van der Waals surface area contributed by atoms with Crippen molar-refractivity contribution < 1.29 is 19.1 Å². The van der Waals surface area contributed by atoms with E-state index < -0.39 is 17.8 Å². The summed E-state index contributed by atoms with van der Waals surface area (Å²) >= 11 is 0. The Kier molecular flexibility index (Phi) is 3.88. The predicted molar refractivity (Wildman–Crippen MR) is 99.3 cm³/mol. The second-order valence-electron chi connectivity index (χ2n) is 6.27. The molecule has 0 aliphatic carbocycles. The number of rotatable bonds is 1. The first-order valence-corrected chi connectivity index (χ1v) is 8.37. The lowest BCUT2D eigenvalue weighted by atomic mass is 9.93. The molecule has 0 saturated carbocycles. The van der Waals surface area contributed by atoms with E-state index in [-0.39, 0.29) is 5.57 Å². The fourth-order valence-electron chi connectivity index (χ4n) is 3.14. The molecular weight excluding hydrogens is 344 g/mol. The van der Waals surface area contributed by atoms with E-state index in [1.807, 2.05) is 36.4 Å². The van der Waals surface area contributed by atoms with E-state index in [0.29, 0.717) is 22.6 Å². The summed E-state index contributed by atoms with van der Waals surface area (Å²) < 4.78 is 5.99. The Morgan fingerprint density at radius 1 is 0.778 bits per heavy atom. The van der Waals surface area contributed by atoms with Crippen molar-refractivity contribution in [3.8, 4) is 5.75 Å². The molecule has 1 fully saturated rings. The number of ether oxygens (including phenoxy) is 1. The number of carbonyl (C=O) groups is 3. The van der Waals surface area contributed by atoms with Gasteiger partial charge in [0.15, 0.2) is 0 Å². The highest BCUT2D eigenvalue weighted by Crippen LogP contribution is 2.39. The van der Waals surface area contributed by atoms with E-state index in [2.05, 4.69) is 0 Å². The first-order valence-electron chi connectivity index (χ1n) is 8.37. The van der Waals surface area contributed by atoms with Gasteiger partial charge in [-0.1, -0.05) is 48.5 Å². The molecule has 2 aromatic carbocycles. The number of carbonyl (C=O) groups excluding carboxylic acids is 3. The Balaban J connectivity index is 1.97. The molecule has 4 rings (SSSR count). The largest absolute Gasteiger partial charge is 0.456 e. The van der Waals surface area contributed by atoms with E-state index in [0.717, 1.165) is 15.4 Å². The summed E-state index contributed by atoms with van der Waals surface area (Å²) in [6.07, 6.45) is 1.68. The molecule has 2 heterocycles. The molecule has 0 atom stereocenters.